The summed E-state index contributed by atoms with van der Waals surface area (Å²) in [5.74, 6) is -1.10. The number of benzene rings is 5. The van der Waals surface area contributed by atoms with E-state index in [1.54, 1.807) is 66.7 Å². The summed E-state index contributed by atoms with van der Waals surface area (Å²) in [6.07, 6.45) is 0. The molecule has 6 nitrogen and oxygen atoms in total. The summed E-state index contributed by atoms with van der Waals surface area (Å²) in [5.41, 5.74) is 2.89. The summed E-state index contributed by atoms with van der Waals surface area (Å²) in [6.45, 7) is 2.18. The quantitative estimate of drug-likeness (QED) is 0.156. The van der Waals surface area contributed by atoms with Gasteiger partial charge in [-0.15, -0.1) is 0 Å². The minimum absolute atomic E-state index is 0.0422. The molecule has 0 spiro atoms. The van der Waals surface area contributed by atoms with Crippen LogP contribution in [0.3, 0.4) is 0 Å². The summed E-state index contributed by atoms with van der Waals surface area (Å²) in [6, 6.07) is 29.4. The van der Waals surface area contributed by atoms with E-state index >= 15 is 8.78 Å². The number of likely N-dealkylation sites (N-methyl/N-ethyl adjacent to an activating group) is 1. The van der Waals surface area contributed by atoms with Crippen LogP contribution in [0.25, 0.3) is 44.4 Å². The Labute approximate surface area is 288 Å². The lowest BCUT2D eigenvalue weighted by Crippen LogP contribution is -2.54. The van der Waals surface area contributed by atoms with Gasteiger partial charge < -0.3 is 4.74 Å². The molecule has 1 saturated heterocycles. The number of ether oxygens (including phenoxy) is 1. The fraction of sp³-hybridized carbons (Fsp3) is 0.154. The van der Waals surface area contributed by atoms with E-state index < -0.39 is 27.5 Å². The van der Waals surface area contributed by atoms with E-state index in [2.05, 4.69) is 0 Å². The Kier molecular flexibility index (Phi) is 8.17. The number of hydrogen-bond acceptors (Lipinski definition) is 5. The lowest BCUT2D eigenvalue weighted by Gasteiger charge is -2.43. The molecule has 0 atom stereocenters. The van der Waals surface area contributed by atoms with Gasteiger partial charge in [0.2, 0.25) is 0 Å². The molecule has 7 rings (SSSR count). The molecule has 49 heavy (non-hydrogen) atoms. The van der Waals surface area contributed by atoms with Gasteiger partial charge in [0, 0.05) is 40.2 Å². The van der Waals surface area contributed by atoms with E-state index in [0.29, 0.717) is 38.8 Å². The second kappa shape index (κ2) is 12.2. The largest absolute Gasteiger partial charge is 0.465 e. The Bertz CT molecular complexity index is 2380. The average Bonchev–Trinajstić information content (AvgIpc) is 3.42. The van der Waals surface area contributed by atoms with Crippen LogP contribution < -0.4 is 0 Å². The molecule has 248 valence electrons. The second-order valence-corrected chi connectivity index (χ2v) is 14.6. The summed E-state index contributed by atoms with van der Waals surface area (Å²) in [4.78, 5) is 14.1. The van der Waals surface area contributed by atoms with Gasteiger partial charge in [0.1, 0.15) is 5.82 Å². The molecular formula is C39H31ClF2N2O4S. The monoisotopic (exact) mass is 696 g/mol. The first kappa shape index (κ1) is 32.7. The van der Waals surface area contributed by atoms with Crippen LogP contribution in [0.2, 0.25) is 5.02 Å². The summed E-state index contributed by atoms with van der Waals surface area (Å²) in [7, 11) is -1.19. The molecule has 1 aromatic heterocycles. The molecule has 1 aliphatic heterocycles. The number of esters is 1. The standard InChI is InChI=1S/C39H31ClF2N2O4S/c1-24-11-15-29(16-12-24)49(46,47)44-35-18-14-28(41)21-32(35)36(31-9-4-5-10-33(31)39(42)22-43(2)23-39)37(44)26-8-6-7-25(19-26)30-17-13-27(20-34(30)40)38(45)48-3/h4-21H,22-23H2,1-3H3. The Morgan fingerprint density at radius 3 is 2.27 bits per heavy atom. The lowest BCUT2D eigenvalue weighted by molar-refractivity contribution is -0.0190. The number of aryl methyl sites for hydroxylation is 1. The van der Waals surface area contributed by atoms with Crippen molar-refractivity contribution in [2.45, 2.75) is 17.5 Å². The highest BCUT2D eigenvalue weighted by Crippen LogP contribution is 2.48. The molecule has 0 unspecified atom stereocenters. The predicted octanol–water partition coefficient (Wildman–Crippen LogP) is 8.88. The van der Waals surface area contributed by atoms with Crippen molar-refractivity contribution in [2.75, 3.05) is 27.2 Å². The fourth-order valence-electron chi connectivity index (χ4n) is 6.73. The number of methoxy groups -OCH3 is 1. The van der Waals surface area contributed by atoms with Crippen molar-refractivity contribution in [3.8, 4) is 33.5 Å². The summed E-state index contributed by atoms with van der Waals surface area (Å²) >= 11 is 6.68. The third-order valence-corrected chi connectivity index (χ3v) is 11.0. The first-order valence-corrected chi connectivity index (χ1v) is 17.4. The molecule has 10 heteroatoms. The molecule has 2 heterocycles. The summed E-state index contributed by atoms with van der Waals surface area (Å²) in [5, 5.41) is 0.606. The van der Waals surface area contributed by atoms with Crippen molar-refractivity contribution in [2.24, 2.45) is 0 Å². The highest BCUT2D eigenvalue weighted by molar-refractivity contribution is 7.90. The highest BCUT2D eigenvalue weighted by atomic mass is 35.5. The maximum atomic E-state index is 16.5. The minimum atomic E-state index is -4.30. The zero-order valence-electron chi connectivity index (χ0n) is 26.9. The van der Waals surface area contributed by atoms with E-state index in [0.717, 1.165) is 5.56 Å². The van der Waals surface area contributed by atoms with E-state index in [1.165, 1.54) is 47.5 Å². The van der Waals surface area contributed by atoms with Crippen molar-refractivity contribution >= 4 is 38.5 Å². The number of fused-ring (bicyclic) bond motifs is 1. The van der Waals surface area contributed by atoms with Crippen LogP contribution in [0.15, 0.2) is 114 Å². The van der Waals surface area contributed by atoms with E-state index in [4.69, 9.17) is 16.3 Å². The van der Waals surface area contributed by atoms with Crippen molar-refractivity contribution in [1.82, 2.24) is 8.87 Å². The van der Waals surface area contributed by atoms with Crippen LogP contribution in [-0.4, -0.2) is 50.5 Å². The molecule has 0 radical (unpaired) electrons. The molecule has 0 saturated carbocycles. The van der Waals surface area contributed by atoms with E-state index in [-0.39, 0.29) is 39.8 Å². The van der Waals surface area contributed by atoms with Crippen molar-refractivity contribution < 1.29 is 26.7 Å². The van der Waals surface area contributed by atoms with Crippen molar-refractivity contribution in [3.63, 3.8) is 0 Å². The highest BCUT2D eigenvalue weighted by Gasteiger charge is 2.45. The second-order valence-electron chi connectivity index (χ2n) is 12.4. The number of halogens is 3. The number of nitrogens with zero attached hydrogens (tertiary/aromatic N) is 2. The van der Waals surface area contributed by atoms with Gasteiger partial charge in [-0.05, 0) is 79.2 Å². The first-order chi connectivity index (χ1) is 23.4. The zero-order valence-corrected chi connectivity index (χ0v) is 28.4. The number of hydrogen-bond donors (Lipinski definition) is 0. The van der Waals surface area contributed by atoms with Crippen molar-refractivity contribution in [1.29, 1.82) is 0 Å². The van der Waals surface area contributed by atoms with Gasteiger partial charge in [0.15, 0.2) is 5.67 Å². The number of carbonyl (C=O) groups is 1. The zero-order chi connectivity index (χ0) is 34.7. The van der Waals surface area contributed by atoms with Gasteiger partial charge in [-0.3, -0.25) is 4.90 Å². The van der Waals surface area contributed by atoms with Crippen LogP contribution in [-0.2, 0) is 20.4 Å². The first-order valence-electron chi connectivity index (χ1n) is 15.5. The van der Waals surface area contributed by atoms with E-state index in [9.17, 15) is 13.2 Å². The summed E-state index contributed by atoms with van der Waals surface area (Å²) < 4.78 is 67.3. The topological polar surface area (TPSA) is 68.6 Å². The normalized spacial score (nSPS) is 14.5. The number of alkyl halides is 1. The SMILES string of the molecule is COC(=O)c1ccc(-c2cccc(-c3c(-c4ccccc4C4(F)CN(C)C4)c4cc(F)ccc4n3S(=O)(=O)c3ccc(C)cc3)c2)c(Cl)c1. The molecule has 0 N–H and O–H groups in total. The van der Waals surface area contributed by atoms with Crippen LogP contribution in [0.5, 0.6) is 0 Å². The third-order valence-electron chi connectivity index (χ3n) is 9.00. The predicted molar refractivity (Wildman–Crippen MR) is 189 cm³/mol. The Morgan fingerprint density at radius 1 is 0.857 bits per heavy atom. The minimum Gasteiger partial charge on any atom is -0.465 e. The molecule has 6 aromatic rings. The van der Waals surface area contributed by atoms with E-state index in [1.807, 2.05) is 24.9 Å². The number of rotatable bonds is 7. The van der Waals surface area contributed by atoms with Crippen LogP contribution in [0, 0.1) is 12.7 Å². The van der Waals surface area contributed by atoms with Gasteiger partial charge in [-0.2, -0.15) is 0 Å². The van der Waals surface area contributed by atoms with Gasteiger partial charge >= 0.3 is 5.97 Å². The Morgan fingerprint density at radius 2 is 1.57 bits per heavy atom. The van der Waals surface area contributed by atoms with Gasteiger partial charge in [0.05, 0.1) is 28.8 Å². The van der Waals surface area contributed by atoms with Crippen LogP contribution in [0.4, 0.5) is 8.78 Å². The Balaban J connectivity index is 1.57. The number of aromatic nitrogens is 1. The molecule has 5 aromatic carbocycles. The van der Waals surface area contributed by atoms with Gasteiger partial charge in [0.25, 0.3) is 10.0 Å². The van der Waals surface area contributed by atoms with Crippen molar-refractivity contribution in [3.05, 3.63) is 137 Å². The smallest absolute Gasteiger partial charge is 0.337 e. The fourth-order valence-corrected chi connectivity index (χ4v) is 8.57. The number of carbonyl (C=O) groups excluding carboxylic acids is 1. The molecule has 1 fully saturated rings. The van der Waals surface area contributed by atoms with Gasteiger partial charge in [-0.1, -0.05) is 77.8 Å². The lowest BCUT2D eigenvalue weighted by atomic mass is 9.82. The number of likely N-dealkylation sites (tertiary alicyclic amines) is 1. The average molecular weight is 697 g/mol. The van der Waals surface area contributed by atoms with Crippen LogP contribution in [0.1, 0.15) is 21.5 Å². The molecule has 0 bridgehead atoms. The molecule has 0 aliphatic carbocycles. The Hall–Kier alpha value is -4.83. The van der Waals surface area contributed by atoms with Gasteiger partial charge in [-0.25, -0.2) is 26.0 Å². The maximum absolute atomic E-state index is 16.5. The molecule has 0 amide bonds. The third kappa shape index (κ3) is 5.61. The molecular weight excluding hydrogens is 666 g/mol. The molecule has 1 aliphatic rings. The maximum Gasteiger partial charge on any atom is 0.337 e. The van der Waals surface area contributed by atoms with Crippen LogP contribution >= 0.6 is 11.6 Å².